The minimum Gasteiger partial charge on any atom is -0.392 e. The molecular formula is C25H28N4O3S. The zero-order valence-corrected chi connectivity index (χ0v) is 20.0. The minimum absolute atomic E-state index is 0.0383. The van der Waals surface area contributed by atoms with Gasteiger partial charge in [0.2, 0.25) is 11.0 Å². The molecule has 33 heavy (non-hydrogen) atoms. The second kappa shape index (κ2) is 9.43. The van der Waals surface area contributed by atoms with Crippen LogP contribution in [0, 0.1) is 13.8 Å². The summed E-state index contributed by atoms with van der Waals surface area (Å²) in [7, 11) is 0. The van der Waals surface area contributed by atoms with Crippen molar-refractivity contribution in [3.05, 3.63) is 74.8 Å². The van der Waals surface area contributed by atoms with Crippen molar-refractivity contribution in [2.45, 2.75) is 53.4 Å². The molecule has 7 nitrogen and oxygen atoms in total. The Labute approximate surface area is 197 Å². The average molecular weight is 465 g/mol. The molecule has 3 N–H and O–H groups in total. The first-order valence-electron chi connectivity index (χ1n) is 10.9. The van der Waals surface area contributed by atoms with Gasteiger partial charge in [-0.05, 0) is 62.1 Å². The lowest BCUT2D eigenvalue weighted by Crippen LogP contribution is -2.29. The van der Waals surface area contributed by atoms with Crippen LogP contribution in [-0.4, -0.2) is 32.9 Å². The molecule has 172 valence electrons. The third-order valence-electron chi connectivity index (χ3n) is 5.85. The smallest absolute Gasteiger partial charge is 0.221 e. The first-order chi connectivity index (χ1) is 15.8. The number of aliphatic hydroxyl groups excluding tert-OH is 2. The maximum Gasteiger partial charge on any atom is 0.221 e. The molecule has 0 bridgehead atoms. The summed E-state index contributed by atoms with van der Waals surface area (Å²) < 4.78 is 0. The van der Waals surface area contributed by atoms with E-state index in [1.54, 1.807) is 11.3 Å². The topological polar surface area (TPSA) is 98.1 Å². The Kier molecular flexibility index (Phi) is 6.60. The van der Waals surface area contributed by atoms with Crippen molar-refractivity contribution in [2.24, 2.45) is 5.10 Å². The predicted octanol–water partition coefficient (Wildman–Crippen LogP) is 3.91. The number of amides is 1. The second-order valence-electron chi connectivity index (χ2n) is 8.34. The minimum atomic E-state index is -0.165. The number of carbonyl (C=O) groups excluding carboxylic acids is 1. The molecule has 0 aliphatic carbocycles. The van der Waals surface area contributed by atoms with E-state index < -0.39 is 0 Å². The number of nitrogens with one attached hydrogen (secondary N) is 1. The van der Waals surface area contributed by atoms with Crippen molar-refractivity contribution in [3.63, 3.8) is 0 Å². The van der Waals surface area contributed by atoms with Crippen LogP contribution in [0.1, 0.15) is 52.2 Å². The Balaban J connectivity index is 1.89. The molecular weight excluding hydrogens is 436 g/mol. The first kappa shape index (κ1) is 23.1. The summed E-state index contributed by atoms with van der Waals surface area (Å²) in [5.41, 5.74) is 6.72. The Morgan fingerprint density at radius 1 is 1.15 bits per heavy atom. The van der Waals surface area contributed by atoms with Crippen LogP contribution in [0.15, 0.2) is 41.5 Å². The van der Waals surface area contributed by atoms with E-state index in [2.05, 4.69) is 19.2 Å². The van der Waals surface area contributed by atoms with Crippen molar-refractivity contribution in [2.75, 3.05) is 10.3 Å². The number of hydrazone groups is 1. The lowest BCUT2D eigenvalue weighted by atomic mass is 9.90. The number of anilines is 2. The van der Waals surface area contributed by atoms with E-state index in [9.17, 15) is 15.0 Å². The van der Waals surface area contributed by atoms with E-state index in [1.165, 1.54) is 6.92 Å². The number of hydrogen-bond acceptors (Lipinski definition) is 7. The van der Waals surface area contributed by atoms with Crippen LogP contribution in [0.4, 0.5) is 10.8 Å². The number of rotatable bonds is 5. The van der Waals surface area contributed by atoms with Gasteiger partial charge in [-0.2, -0.15) is 5.10 Å². The van der Waals surface area contributed by atoms with Gasteiger partial charge in [-0.25, -0.2) is 9.99 Å². The number of aromatic nitrogens is 1. The van der Waals surface area contributed by atoms with Crippen LogP contribution in [0.5, 0.6) is 0 Å². The van der Waals surface area contributed by atoms with Crippen LogP contribution in [0.3, 0.4) is 0 Å². The third-order valence-corrected chi connectivity index (χ3v) is 6.92. The molecule has 1 amide bonds. The fraction of sp³-hybridized carbons (Fsp3) is 0.320. The van der Waals surface area contributed by atoms with E-state index in [1.807, 2.05) is 48.3 Å². The molecule has 1 aliphatic rings. The summed E-state index contributed by atoms with van der Waals surface area (Å²) in [5.74, 6) is -0.126. The Bertz CT molecular complexity index is 1200. The number of carbonyl (C=O) groups is 1. The second-order valence-corrected chi connectivity index (χ2v) is 9.52. The highest BCUT2D eigenvalue weighted by Crippen LogP contribution is 2.33. The molecule has 0 fully saturated rings. The van der Waals surface area contributed by atoms with Crippen LogP contribution in [-0.2, 0) is 24.4 Å². The van der Waals surface area contributed by atoms with E-state index in [4.69, 9.17) is 10.1 Å². The molecule has 2 heterocycles. The predicted molar refractivity (Wildman–Crippen MR) is 132 cm³/mol. The molecule has 2 aromatic carbocycles. The zero-order valence-electron chi connectivity index (χ0n) is 19.2. The lowest BCUT2D eigenvalue weighted by Gasteiger charge is -2.22. The van der Waals surface area contributed by atoms with Gasteiger partial charge < -0.3 is 15.5 Å². The summed E-state index contributed by atoms with van der Waals surface area (Å²) in [6, 6.07) is 11.5. The van der Waals surface area contributed by atoms with Crippen LogP contribution >= 0.6 is 11.3 Å². The van der Waals surface area contributed by atoms with Gasteiger partial charge in [-0.1, -0.05) is 18.2 Å². The number of benzene rings is 2. The number of aryl methyl sites for hydroxylation is 2. The van der Waals surface area contributed by atoms with Crippen LogP contribution in [0.25, 0.3) is 0 Å². The fourth-order valence-corrected chi connectivity index (χ4v) is 4.97. The van der Waals surface area contributed by atoms with Crippen LogP contribution < -0.4 is 10.3 Å². The summed E-state index contributed by atoms with van der Waals surface area (Å²) in [4.78, 5) is 17.3. The Morgan fingerprint density at radius 3 is 2.39 bits per heavy atom. The van der Waals surface area contributed by atoms with Gasteiger partial charge in [0.05, 0.1) is 30.7 Å². The molecule has 0 unspecified atom stereocenters. The standard InChI is InChI=1S/C25H28N4O3S/c1-14-9-19-10-20(12-30)21(13-31)11-23(19)24(18-5-7-22(8-6-18)27-17(4)32)28-29(14)25-26-15(2)16(3)33-25/h5-8,10-11,14,30-31H,9,12-13H2,1-4H3,(H,27,32)/t14-/m1/s1. The van der Waals surface area contributed by atoms with Gasteiger partial charge in [0.15, 0.2) is 0 Å². The maximum atomic E-state index is 11.4. The molecule has 1 atom stereocenters. The van der Waals surface area contributed by atoms with E-state index in [-0.39, 0.29) is 25.2 Å². The van der Waals surface area contributed by atoms with E-state index >= 15 is 0 Å². The number of hydrogen-bond donors (Lipinski definition) is 3. The van der Waals surface area contributed by atoms with Crippen molar-refractivity contribution in [1.82, 2.24) is 4.98 Å². The molecule has 1 aliphatic heterocycles. The molecule has 4 rings (SSSR count). The molecule has 1 aromatic heterocycles. The highest BCUT2D eigenvalue weighted by molar-refractivity contribution is 7.15. The van der Waals surface area contributed by atoms with Gasteiger partial charge in [0.25, 0.3) is 0 Å². The number of thiazole rings is 1. The molecule has 0 radical (unpaired) electrons. The number of nitrogens with zero attached hydrogens (tertiary/aromatic N) is 3. The summed E-state index contributed by atoms with van der Waals surface area (Å²) in [6.45, 7) is 7.35. The SMILES string of the molecule is CC(=O)Nc1ccc(C2=NN(c3nc(C)c(C)s3)[C@H](C)Cc3cc(CO)c(CO)cc32)cc1. The van der Waals surface area contributed by atoms with Crippen molar-refractivity contribution in [1.29, 1.82) is 0 Å². The van der Waals surface area contributed by atoms with Gasteiger partial charge >= 0.3 is 0 Å². The summed E-state index contributed by atoms with van der Waals surface area (Å²) in [6.07, 6.45) is 0.711. The quantitative estimate of drug-likeness (QED) is 0.532. The van der Waals surface area contributed by atoms with Gasteiger partial charge in [0.1, 0.15) is 0 Å². The van der Waals surface area contributed by atoms with Crippen molar-refractivity contribution < 1.29 is 15.0 Å². The summed E-state index contributed by atoms with van der Waals surface area (Å²) >= 11 is 1.61. The molecule has 0 saturated heterocycles. The van der Waals surface area contributed by atoms with Gasteiger partial charge in [-0.15, -0.1) is 11.3 Å². The highest BCUT2D eigenvalue weighted by atomic mass is 32.1. The fourth-order valence-electron chi connectivity index (χ4n) is 4.00. The van der Waals surface area contributed by atoms with E-state index in [0.717, 1.165) is 43.7 Å². The first-order valence-corrected chi connectivity index (χ1v) is 11.7. The van der Waals surface area contributed by atoms with E-state index in [0.29, 0.717) is 17.7 Å². The van der Waals surface area contributed by atoms with Crippen molar-refractivity contribution >= 4 is 33.8 Å². The number of aliphatic hydroxyl groups is 2. The zero-order chi connectivity index (χ0) is 23.7. The maximum absolute atomic E-state index is 11.4. The van der Waals surface area contributed by atoms with Crippen LogP contribution in [0.2, 0.25) is 0 Å². The monoisotopic (exact) mass is 464 g/mol. The van der Waals surface area contributed by atoms with Crippen molar-refractivity contribution in [3.8, 4) is 0 Å². The Hall–Kier alpha value is -3.07. The molecule has 0 spiro atoms. The Morgan fingerprint density at radius 2 is 1.82 bits per heavy atom. The summed E-state index contributed by atoms with van der Waals surface area (Å²) in [5, 5.41) is 30.4. The third kappa shape index (κ3) is 4.68. The largest absolute Gasteiger partial charge is 0.392 e. The highest BCUT2D eigenvalue weighted by Gasteiger charge is 2.27. The normalized spacial score (nSPS) is 15.6. The number of fused-ring (bicyclic) bond motifs is 1. The van der Waals surface area contributed by atoms with Gasteiger partial charge in [-0.3, -0.25) is 4.79 Å². The lowest BCUT2D eigenvalue weighted by molar-refractivity contribution is -0.114. The molecule has 8 heteroatoms. The molecule has 0 saturated carbocycles. The average Bonchev–Trinajstić information content (AvgIpc) is 3.04. The van der Waals surface area contributed by atoms with Gasteiger partial charge in [0, 0.05) is 28.6 Å². The molecule has 3 aromatic rings.